The fourth-order valence-corrected chi connectivity index (χ4v) is 2.24. The molecular weight excluding hydrogens is 264 g/mol. The normalized spacial score (nSPS) is 18.3. The van der Waals surface area contributed by atoms with Crippen LogP contribution in [0.5, 0.6) is 0 Å². The van der Waals surface area contributed by atoms with Gasteiger partial charge in [0.25, 0.3) is 0 Å². The van der Waals surface area contributed by atoms with Crippen LogP contribution in [-0.2, 0) is 14.3 Å². The molecule has 1 atom stereocenters. The van der Waals surface area contributed by atoms with Gasteiger partial charge in [-0.3, -0.25) is 4.79 Å². The summed E-state index contributed by atoms with van der Waals surface area (Å²) < 4.78 is 10.0. The number of urea groups is 1. The lowest BCUT2D eigenvalue weighted by Gasteiger charge is -2.27. The molecule has 0 aromatic rings. The van der Waals surface area contributed by atoms with Crippen molar-refractivity contribution in [1.82, 2.24) is 9.80 Å². The second-order valence-corrected chi connectivity index (χ2v) is 4.88. The van der Waals surface area contributed by atoms with E-state index in [1.165, 1.54) is 0 Å². The highest BCUT2D eigenvalue weighted by Gasteiger charge is 2.32. The van der Waals surface area contributed by atoms with E-state index in [1.54, 1.807) is 24.0 Å². The van der Waals surface area contributed by atoms with E-state index in [1.807, 2.05) is 0 Å². The van der Waals surface area contributed by atoms with Crippen molar-refractivity contribution in [3.8, 4) is 0 Å². The highest BCUT2D eigenvalue weighted by molar-refractivity contribution is 5.77. The number of carbonyl (C=O) groups is 2. The molecule has 1 fully saturated rings. The zero-order valence-electron chi connectivity index (χ0n) is 12.2. The summed E-state index contributed by atoms with van der Waals surface area (Å²) in [6.45, 7) is 2.95. The number of nitrogens with zero attached hydrogens (tertiary/aromatic N) is 2. The van der Waals surface area contributed by atoms with Gasteiger partial charge in [-0.25, -0.2) is 4.79 Å². The van der Waals surface area contributed by atoms with Crippen LogP contribution in [0.25, 0.3) is 0 Å². The first-order valence-electron chi connectivity index (χ1n) is 6.84. The lowest BCUT2D eigenvalue weighted by atomic mass is 10.1. The average Bonchev–Trinajstić information content (AvgIpc) is 2.92. The van der Waals surface area contributed by atoms with Crippen molar-refractivity contribution < 1.29 is 24.2 Å². The molecular formula is C13H24N2O5. The van der Waals surface area contributed by atoms with E-state index < -0.39 is 11.9 Å². The Morgan fingerprint density at radius 1 is 1.25 bits per heavy atom. The van der Waals surface area contributed by atoms with Gasteiger partial charge in [0.15, 0.2) is 0 Å². The number of likely N-dealkylation sites (tertiary alicyclic amines) is 1. The molecule has 0 aromatic carbocycles. The van der Waals surface area contributed by atoms with Crippen LogP contribution in [0.3, 0.4) is 0 Å². The Morgan fingerprint density at radius 3 is 2.50 bits per heavy atom. The number of carboxylic acids is 1. The number of aliphatic carboxylic acids is 1. The minimum absolute atomic E-state index is 0.109. The Balaban J connectivity index is 2.51. The molecule has 7 heteroatoms. The third kappa shape index (κ3) is 4.97. The van der Waals surface area contributed by atoms with Gasteiger partial charge in [0, 0.05) is 47.0 Å². The summed E-state index contributed by atoms with van der Waals surface area (Å²) in [6, 6.07) is -0.109. The monoisotopic (exact) mass is 288 g/mol. The summed E-state index contributed by atoms with van der Waals surface area (Å²) in [7, 11) is 3.22. The van der Waals surface area contributed by atoms with E-state index in [0.29, 0.717) is 45.8 Å². The molecule has 0 aromatic heterocycles. The molecule has 0 bridgehead atoms. The van der Waals surface area contributed by atoms with Crippen molar-refractivity contribution in [2.75, 3.05) is 53.6 Å². The number of methoxy groups -OCH3 is 2. The van der Waals surface area contributed by atoms with Crippen molar-refractivity contribution in [2.24, 2.45) is 5.92 Å². The number of rotatable bonds is 8. The fourth-order valence-electron chi connectivity index (χ4n) is 2.24. The number of amides is 2. The smallest absolute Gasteiger partial charge is 0.320 e. The molecule has 1 rings (SSSR count). The van der Waals surface area contributed by atoms with Gasteiger partial charge in [-0.2, -0.15) is 0 Å². The molecule has 0 spiro atoms. The highest BCUT2D eigenvalue weighted by atomic mass is 16.5. The average molecular weight is 288 g/mol. The summed E-state index contributed by atoms with van der Waals surface area (Å²) >= 11 is 0. The lowest BCUT2D eigenvalue weighted by Crippen LogP contribution is -2.44. The molecule has 7 nitrogen and oxygen atoms in total. The molecule has 116 valence electrons. The quantitative estimate of drug-likeness (QED) is 0.658. The van der Waals surface area contributed by atoms with Crippen molar-refractivity contribution in [1.29, 1.82) is 0 Å². The van der Waals surface area contributed by atoms with Crippen LogP contribution in [0, 0.1) is 5.92 Å². The van der Waals surface area contributed by atoms with Crippen LogP contribution in [0.4, 0.5) is 4.79 Å². The van der Waals surface area contributed by atoms with Crippen LogP contribution in [0.2, 0.25) is 0 Å². The summed E-state index contributed by atoms with van der Waals surface area (Å²) in [5.74, 6) is -1.27. The molecule has 1 aliphatic heterocycles. The summed E-state index contributed by atoms with van der Waals surface area (Å²) in [5.41, 5.74) is 0. The van der Waals surface area contributed by atoms with Crippen molar-refractivity contribution in [3.05, 3.63) is 0 Å². The third-order valence-corrected chi connectivity index (χ3v) is 3.42. The molecule has 1 aliphatic rings. The van der Waals surface area contributed by atoms with Crippen molar-refractivity contribution in [3.63, 3.8) is 0 Å². The van der Waals surface area contributed by atoms with Crippen molar-refractivity contribution >= 4 is 12.0 Å². The molecule has 0 aliphatic carbocycles. The second-order valence-electron chi connectivity index (χ2n) is 4.88. The van der Waals surface area contributed by atoms with Crippen LogP contribution in [0.1, 0.15) is 12.8 Å². The summed E-state index contributed by atoms with van der Waals surface area (Å²) in [5, 5.41) is 8.98. The topological polar surface area (TPSA) is 79.3 Å². The maximum absolute atomic E-state index is 12.4. The zero-order chi connectivity index (χ0) is 15.0. The number of carboxylic acid groups (broad SMARTS) is 1. The maximum Gasteiger partial charge on any atom is 0.320 e. The molecule has 1 unspecified atom stereocenters. The minimum atomic E-state index is -0.830. The SMILES string of the molecule is COCCCN(CCOC)C(=O)N1CCC(C(=O)O)C1. The van der Waals surface area contributed by atoms with Gasteiger partial charge in [-0.05, 0) is 12.8 Å². The molecule has 0 radical (unpaired) electrons. The summed E-state index contributed by atoms with van der Waals surface area (Å²) in [6.07, 6.45) is 1.28. The molecule has 0 saturated carbocycles. The number of hydrogen-bond donors (Lipinski definition) is 1. The van der Waals surface area contributed by atoms with Gasteiger partial charge in [0.2, 0.25) is 0 Å². The predicted molar refractivity (Wildman–Crippen MR) is 72.7 cm³/mol. The Hall–Kier alpha value is -1.34. The molecule has 1 heterocycles. The molecule has 2 amide bonds. The third-order valence-electron chi connectivity index (χ3n) is 3.42. The molecule has 20 heavy (non-hydrogen) atoms. The molecule has 1 N–H and O–H groups in total. The van der Waals surface area contributed by atoms with Gasteiger partial charge in [-0.1, -0.05) is 0 Å². The van der Waals surface area contributed by atoms with Crippen LogP contribution in [-0.4, -0.2) is 80.5 Å². The van der Waals surface area contributed by atoms with Crippen molar-refractivity contribution in [2.45, 2.75) is 12.8 Å². The first-order chi connectivity index (χ1) is 9.60. The lowest BCUT2D eigenvalue weighted by molar-refractivity contribution is -0.141. The number of carbonyl (C=O) groups excluding carboxylic acids is 1. The first-order valence-corrected chi connectivity index (χ1v) is 6.84. The van der Waals surface area contributed by atoms with E-state index in [-0.39, 0.29) is 6.03 Å². The Labute approximate surface area is 119 Å². The second kappa shape index (κ2) is 8.76. The molecule has 1 saturated heterocycles. The van der Waals surface area contributed by atoms with Gasteiger partial charge in [-0.15, -0.1) is 0 Å². The Morgan fingerprint density at radius 2 is 1.95 bits per heavy atom. The van der Waals surface area contributed by atoms with Gasteiger partial charge in [0.1, 0.15) is 0 Å². The van der Waals surface area contributed by atoms with E-state index >= 15 is 0 Å². The summed E-state index contributed by atoms with van der Waals surface area (Å²) in [4.78, 5) is 26.6. The number of hydrogen-bond acceptors (Lipinski definition) is 4. The van der Waals surface area contributed by atoms with E-state index in [2.05, 4.69) is 0 Å². The largest absolute Gasteiger partial charge is 0.481 e. The highest BCUT2D eigenvalue weighted by Crippen LogP contribution is 2.18. The standard InChI is InChI=1S/C13H24N2O5/c1-19-8-3-5-14(7-9-20-2)13(18)15-6-4-11(10-15)12(16)17/h11H,3-10H2,1-2H3,(H,16,17). The van der Waals surface area contributed by atoms with E-state index in [0.717, 1.165) is 6.42 Å². The van der Waals surface area contributed by atoms with Gasteiger partial charge < -0.3 is 24.4 Å². The predicted octanol–water partition coefficient (Wildman–Crippen LogP) is 0.498. The van der Waals surface area contributed by atoms with Gasteiger partial charge >= 0.3 is 12.0 Å². The Kier molecular flexibility index (Phi) is 7.32. The zero-order valence-corrected chi connectivity index (χ0v) is 12.2. The van der Waals surface area contributed by atoms with E-state index in [9.17, 15) is 9.59 Å². The first kappa shape index (κ1) is 16.7. The van der Waals surface area contributed by atoms with Crippen LogP contribution >= 0.6 is 0 Å². The van der Waals surface area contributed by atoms with Crippen LogP contribution < -0.4 is 0 Å². The number of ether oxygens (including phenoxy) is 2. The minimum Gasteiger partial charge on any atom is -0.481 e. The van der Waals surface area contributed by atoms with Crippen LogP contribution in [0.15, 0.2) is 0 Å². The fraction of sp³-hybridized carbons (Fsp3) is 0.846. The van der Waals surface area contributed by atoms with Gasteiger partial charge in [0.05, 0.1) is 12.5 Å². The van der Waals surface area contributed by atoms with E-state index in [4.69, 9.17) is 14.6 Å². The Bertz CT molecular complexity index is 324. The maximum atomic E-state index is 12.4.